The van der Waals surface area contributed by atoms with Crippen molar-refractivity contribution in [3.8, 4) is 23.0 Å². The SMILES string of the molecule is COc1ccccc1C(=C(c1ccccc1OC)c1ccccc1OCc1ccccc1)c1ccccc1OCc1ccccc1. The average molecular weight is 605 g/mol. The van der Waals surface area contributed by atoms with Crippen molar-refractivity contribution in [2.75, 3.05) is 14.2 Å². The van der Waals surface area contributed by atoms with Gasteiger partial charge in [0.25, 0.3) is 0 Å². The lowest BCUT2D eigenvalue weighted by Gasteiger charge is -2.24. The first-order valence-corrected chi connectivity index (χ1v) is 15.3. The summed E-state index contributed by atoms with van der Waals surface area (Å²) in [5.74, 6) is 2.99. The van der Waals surface area contributed by atoms with Crippen molar-refractivity contribution in [1.29, 1.82) is 0 Å². The van der Waals surface area contributed by atoms with E-state index in [-0.39, 0.29) is 0 Å². The van der Waals surface area contributed by atoms with Gasteiger partial charge in [-0.3, -0.25) is 0 Å². The summed E-state index contributed by atoms with van der Waals surface area (Å²) in [7, 11) is 3.40. The van der Waals surface area contributed by atoms with Crippen LogP contribution in [0.5, 0.6) is 23.0 Å². The molecule has 0 N–H and O–H groups in total. The van der Waals surface area contributed by atoms with Crippen LogP contribution < -0.4 is 18.9 Å². The highest BCUT2D eigenvalue weighted by atomic mass is 16.5. The third kappa shape index (κ3) is 6.82. The van der Waals surface area contributed by atoms with Crippen LogP contribution in [-0.4, -0.2) is 14.2 Å². The van der Waals surface area contributed by atoms with Gasteiger partial charge in [0, 0.05) is 33.4 Å². The van der Waals surface area contributed by atoms with E-state index in [0.717, 1.165) is 67.5 Å². The third-order valence-corrected chi connectivity index (χ3v) is 7.79. The van der Waals surface area contributed by atoms with E-state index in [1.807, 2.05) is 109 Å². The highest BCUT2D eigenvalue weighted by molar-refractivity contribution is 6.08. The molecule has 6 aromatic carbocycles. The molecule has 6 rings (SSSR count). The summed E-state index contributed by atoms with van der Waals surface area (Å²) in [6, 6.07) is 52.9. The van der Waals surface area contributed by atoms with Crippen molar-refractivity contribution in [3.05, 3.63) is 191 Å². The number of rotatable bonds is 12. The third-order valence-electron chi connectivity index (χ3n) is 7.79. The molecule has 228 valence electrons. The number of ether oxygens (including phenoxy) is 4. The van der Waals surface area contributed by atoms with E-state index >= 15 is 0 Å². The van der Waals surface area contributed by atoms with Crippen LogP contribution in [0.25, 0.3) is 11.1 Å². The van der Waals surface area contributed by atoms with E-state index in [9.17, 15) is 0 Å². The summed E-state index contributed by atoms with van der Waals surface area (Å²) in [4.78, 5) is 0. The topological polar surface area (TPSA) is 36.9 Å². The zero-order valence-corrected chi connectivity index (χ0v) is 26.1. The molecule has 4 nitrogen and oxygen atoms in total. The second kappa shape index (κ2) is 14.8. The summed E-state index contributed by atoms with van der Waals surface area (Å²) in [5, 5.41) is 0. The summed E-state index contributed by atoms with van der Waals surface area (Å²) < 4.78 is 25.1. The molecule has 0 spiro atoms. The molecule has 6 aromatic rings. The van der Waals surface area contributed by atoms with Gasteiger partial charge < -0.3 is 18.9 Å². The summed E-state index contributed by atoms with van der Waals surface area (Å²) in [6.45, 7) is 0.857. The van der Waals surface area contributed by atoms with Crippen molar-refractivity contribution in [2.24, 2.45) is 0 Å². The van der Waals surface area contributed by atoms with Crippen LogP contribution in [0.4, 0.5) is 0 Å². The van der Waals surface area contributed by atoms with Crippen LogP contribution in [0.3, 0.4) is 0 Å². The quantitative estimate of drug-likeness (QED) is 0.130. The second-order valence-electron chi connectivity index (χ2n) is 10.7. The Balaban J connectivity index is 1.63. The number of benzene rings is 6. The Morgan fingerprint density at radius 3 is 0.978 bits per heavy atom. The van der Waals surface area contributed by atoms with Crippen LogP contribution in [0.15, 0.2) is 158 Å². The van der Waals surface area contributed by atoms with Crippen molar-refractivity contribution < 1.29 is 18.9 Å². The maximum Gasteiger partial charge on any atom is 0.127 e. The molecule has 0 aliphatic heterocycles. The van der Waals surface area contributed by atoms with Gasteiger partial charge in [0.1, 0.15) is 36.2 Å². The maximum atomic E-state index is 6.58. The lowest BCUT2D eigenvalue weighted by Crippen LogP contribution is -2.05. The van der Waals surface area contributed by atoms with Crippen molar-refractivity contribution in [1.82, 2.24) is 0 Å². The van der Waals surface area contributed by atoms with E-state index in [4.69, 9.17) is 18.9 Å². The Bertz CT molecular complexity index is 1770. The van der Waals surface area contributed by atoms with Gasteiger partial charge >= 0.3 is 0 Å². The summed E-state index contributed by atoms with van der Waals surface area (Å²) >= 11 is 0. The Hall–Kier alpha value is -5.74. The number of hydrogen-bond donors (Lipinski definition) is 0. The molecule has 4 heteroatoms. The molecule has 0 amide bonds. The minimum Gasteiger partial charge on any atom is -0.496 e. The van der Waals surface area contributed by atoms with E-state index in [1.165, 1.54) is 0 Å². The molecule has 0 aromatic heterocycles. The molecule has 0 unspecified atom stereocenters. The first kappa shape index (κ1) is 30.3. The molecule has 0 bridgehead atoms. The lowest BCUT2D eigenvalue weighted by atomic mass is 9.84. The second-order valence-corrected chi connectivity index (χ2v) is 10.7. The fourth-order valence-corrected chi connectivity index (χ4v) is 5.60. The number of para-hydroxylation sites is 4. The molecular formula is C42H36O4. The molecular weight excluding hydrogens is 568 g/mol. The molecule has 0 saturated carbocycles. The van der Waals surface area contributed by atoms with Gasteiger partial charge in [-0.15, -0.1) is 0 Å². The number of hydrogen-bond acceptors (Lipinski definition) is 4. The van der Waals surface area contributed by atoms with Gasteiger partial charge in [-0.2, -0.15) is 0 Å². The lowest BCUT2D eigenvalue weighted by molar-refractivity contribution is 0.305. The fraction of sp³-hybridized carbons (Fsp3) is 0.0952. The van der Waals surface area contributed by atoms with E-state index in [2.05, 4.69) is 48.5 Å². The zero-order valence-electron chi connectivity index (χ0n) is 26.1. The molecule has 0 saturated heterocycles. The molecule has 46 heavy (non-hydrogen) atoms. The summed E-state index contributed by atoms with van der Waals surface area (Å²) in [5.41, 5.74) is 7.71. The standard InChI is InChI=1S/C42H36O4/c1-43-37-25-13-9-21-33(37)41(35-23-11-15-27-39(35)45-29-31-17-5-3-6-18-31)42(34-22-10-14-26-38(34)44-2)36-24-12-16-28-40(36)46-30-32-19-7-4-8-20-32/h3-28H,29-30H2,1-2H3. The minimum absolute atomic E-state index is 0.428. The first-order valence-electron chi connectivity index (χ1n) is 15.3. The average Bonchev–Trinajstić information content (AvgIpc) is 3.13. The molecule has 0 aliphatic rings. The predicted molar refractivity (Wildman–Crippen MR) is 185 cm³/mol. The van der Waals surface area contributed by atoms with E-state index in [1.54, 1.807) is 14.2 Å². The first-order chi connectivity index (χ1) is 22.8. The van der Waals surface area contributed by atoms with Crippen molar-refractivity contribution in [3.63, 3.8) is 0 Å². The minimum atomic E-state index is 0.428. The van der Waals surface area contributed by atoms with E-state index in [0.29, 0.717) is 13.2 Å². The highest BCUT2D eigenvalue weighted by Crippen LogP contribution is 2.47. The highest BCUT2D eigenvalue weighted by Gasteiger charge is 2.25. The Labute approximate surface area is 271 Å². The van der Waals surface area contributed by atoms with Gasteiger partial charge in [-0.05, 0) is 35.4 Å². The molecule has 0 radical (unpaired) electrons. The van der Waals surface area contributed by atoms with Crippen LogP contribution in [-0.2, 0) is 13.2 Å². The Kier molecular flexibility index (Phi) is 9.76. The maximum absolute atomic E-state index is 6.58. The van der Waals surface area contributed by atoms with Crippen molar-refractivity contribution >= 4 is 11.1 Å². The number of methoxy groups -OCH3 is 2. The van der Waals surface area contributed by atoms with E-state index < -0.39 is 0 Å². The van der Waals surface area contributed by atoms with Gasteiger partial charge in [0.05, 0.1) is 14.2 Å². The van der Waals surface area contributed by atoms with Crippen LogP contribution in [0.1, 0.15) is 33.4 Å². The summed E-state index contributed by atoms with van der Waals surface area (Å²) in [6.07, 6.45) is 0. The monoisotopic (exact) mass is 604 g/mol. The van der Waals surface area contributed by atoms with Gasteiger partial charge in [0.2, 0.25) is 0 Å². The predicted octanol–water partition coefficient (Wildman–Crippen LogP) is 9.87. The Morgan fingerprint density at radius 2 is 0.630 bits per heavy atom. The normalized spacial score (nSPS) is 11.3. The van der Waals surface area contributed by atoms with Crippen LogP contribution in [0.2, 0.25) is 0 Å². The van der Waals surface area contributed by atoms with Crippen LogP contribution in [0, 0.1) is 0 Å². The van der Waals surface area contributed by atoms with Gasteiger partial charge in [0.15, 0.2) is 0 Å². The smallest absolute Gasteiger partial charge is 0.127 e. The molecule has 0 fully saturated rings. The largest absolute Gasteiger partial charge is 0.496 e. The van der Waals surface area contributed by atoms with Gasteiger partial charge in [-0.25, -0.2) is 0 Å². The fourth-order valence-electron chi connectivity index (χ4n) is 5.60. The van der Waals surface area contributed by atoms with Crippen molar-refractivity contribution in [2.45, 2.75) is 13.2 Å². The molecule has 0 atom stereocenters. The molecule has 0 heterocycles. The molecule has 0 aliphatic carbocycles. The van der Waals surface area contributed by atoms with Crippen LogP contribution >= 0.6 is 0 Å². The Morgan fingerprint density at radius 1 is 0.348 bits per heavy atom. The zero-order chi connectivity index (χ0) is 31.6. The van der Waals surface area contributed by atoms with Gasteiger partial charge in [-0.1, -0.05) is 133 Å².